The van der Waals surface area contributed by atoms with Crippen molar-refractivity contribution < 1.29 is 9.53 Å². The van der Waals surface area contributed by atoms with Gasteiger partial charge >= 0.3 is 0 Å². The quantitative estimate of drug-likeness (QED) is 0.425. The van der Waals surface area contributed by atoms with Crippen LogP contribution in [0.3, 0.4) is 0 Å². The zero-order valence-electron chi connectivity index (χ0n) is 15.4. The van der Waals surface area contributed by atoms with Crippen LogP contribution in [0.5, 0.6) is 5.75 Å². The average molecular weight is 451 g/mol. The molecule has 134 valence electrons. The zero-order valence-corrected chi connectivity index (χ0v) is 17.5. The summed E-state index contributed by atoms with van der Waals surface area (Å²) in [5, 5.41) is 2.97. The van der Waals surface area contributed by atoms with Gasteiger partial charge in [-0.2, -0.15) is 0 Å². The molecule has 0 radical (unpaired) electrons. The molecule has 1 amide bonds. The Balaban J connectivity index is 1.77. The van der Waals surface area contributed by atoms with Crippen LogP contribution < -0.4 is 10.1 Å². The first-order valence-electron chi connectivity index (χ1n) is 8.66. The fourth-order valence-corrected chi connectivity index (χ4v) is 3.44. The number of nitrogens with one attached hydrogen (secondary N) is 1. The topological polar surface area (TPSA) is 38.3 Å². The molecule has 0 saturated carbocycles. The number of anilines is 1. The molecule has 2 aromatic rings. The van der Waals surface area contributed by atoms with Crippen LogP contribution in [0.2, 0.25) is 0 Å². The van der Waals surface area contributed by atoms with Crippen LogP contribution in [0.1, 0.15) is 49.3 Å². The van der Waals surface area contributed by atoms with Crippen molar-refractivity contribution in [2.24, 2.45) is 0 Å². The van der Waals surface area contributed by atoms with Gasteiger partial charge in [0, 0.05) is 15.7 Å². The fraction of sp³-hybridized carbons (Fsp3) is 0.381. The van der Waals surface area contributed by atoms with Gasteiger partial charge in [0.25, 0.3) is 0 Å². The molecule has 0 saturated heterocycles. The summed E-state index contributed by atoms with van der Waals surface area (Å²) >= 11 is 2.27. The standard InChI is InChI=1S/C21H26INO2/c1-14(2)19-9-8-18(13-15(19)3)25-11-5-6-21(24)23-20-10-7-17(22)12-16(20)4/h7-10,12-14H,5-6,11H2,1-4H3,(H,23,24). The molecule has 0 aliphatic heterocycles. The number of carbonyl (C=O) groups excluding carboxylic acids is 1. The summed E-state index contributed by atoms with van der Waals surface area (Å²) in [5.74, 6) is 1.41. The van der Waals surface area contributed by atoms with Crippen LogP contribution in [0.25, 0.3) is 0 Å². The van der Waals surface area contributed by atoms with E-state index >= 15 is 0 Å². The summed E-state index contributed by atoms with van der Waals surface area (Å²) in [5.41, 5.74) is 4.56. The molecule has 2 aromatic carbocycles. The highest BCUT2D eigenvalue weighted by atomic mass is 127. The Morgan fingerprint density at radius 1 is 1.12 bits per heavy atom. The Bertz CT molecular complexity index is 741. The molecule has 4 heteroatoms. The van der Waals surface area contributed by atoms with E-state index in [-0.39, 0.29) is 5.91 Å². The highest BCUT2D eigenvalue weighted by Crippen LogP contribution is 2.23. The lowest BCUT2D eigenvalue weighted by Crippen LogP contribution is -2.13. The van der Waals surface area contributed by atoms with Crippen LogP contribution in [-0.2, 0) is 4.79 Å². The molecule has 3 nitrogen and oxygen atoms in total. The number of hydrogen-bond acceptors (Lipinski definition) is 2. The smallest absolute Gasteiger partial charge is 0.224 e. The average Bonchev–Trinajstić information content (AvgIpc) is 2.54. The minimum Gasteiger partial charge on any atom is -0.494 e. The summed E-state index contributed by atoms with van der Waals surface area (Å²) in [4.78, 5) is 12.1. The van der Waals surface area contributed by atoms with E-state index in [0.717, 1.165) is 17.0 Å². The van der Waals surface area contributed by atoms with Crippen molar-refractivity contribution in [3.05, 3.63) is 56.7 Å². The molecule has 0 spiro atoms. The van der Waals surface area contributed by atoms with E-state index in [1.165, 1.54) is 14.7 Å². The van der Waals surface area contributed by atoms with Gasteiger partial charge in [-0.3, -0.25) is 4.79 Å². The summed E-state index contributed by atoms with van der Waals surface area (Å²) in [7, 11) is 0. The number of aryl methyl sites for hydroxylation is 2. The van der Waals surface area contributed by atoms with Crippen LogP contribution in [0, 0.1) is 17.4 Å². The van der Waals surface area contributed by atoms with E-state index in [4.69, 9.17) is 4.74 Å². The van der Waals surface area contributed by atoms with Crippen LogP contribution in [0.15, 0.2) is 36.4 Å². The van der Waals surface area contributed by atoms with Gasteiger partial charge in [0.15, 0.2) is 0 Å². The lowest BCUT2D eigenvalue weighted by Gasteiger charge is -2.12. The van der Waals surface area contributed by atoms with Crippen LogP contribution >= 0.6 is 22.6 Å². The Labute approximate surface area is 164 Å². The van der Waals surface area contributed by atoms with Gasteiger partial charge in [0.05, 0.1) is 6.61 Å². The summed E-state index contributed by atoms with van der Waals surface area (Å²) in [6, 6.07) is 12.2. The summed E-state index contributed by atoms with van der Waals surface area (Å²) in [6.45, 7) is 9.04. The van der Waals surface area contributed by atoms with Gasteiger partial charge in [-0.15, -0.1) is 0 Å². The molecule has 0 aromatic heterocycles. The van der Waals surface area contributed by atoms with E-state index in [2.05, 4.69) is 66.9 Å². The fourth-order valence-electron chi connectivity index (χ4n) is 2.79. The number of amides is 1. The molecule has 2 rings (SSSR count). The van der Waals surface area contributed by atoms with E-state index in [1.807, 2.05) is 25.1 Å². The number of benzene rings is 2. The Morgan fingerprint density at radius 2 is 1.88 bits per heavy atom. The van der Waals surface area contributed by atoms with E-state index < -0.39 is 0 Å². The highest BCUT2D eigenvalue weighted by Gasteiger charge is 2.07. The molecule has 25 heavy (non-hydrogen) atoms. The molecule has 1 N–H and O–H groups in total. The molecule has 0 unspecified atom stereocenters. The minimum atomic E-state index is 0.0271. The molecule has 0 fully saturated rings. The monoisotopic (exact) mass is 451 g/mol. The predicted molar refractivity (Wildman–Crippen MR) is 113 cm³/mol. The Morgan fingerprint density at radius 3 is 2.52 bits per heavy atom. The molecule has 0 aliphatic carbocycles. The number of carbonyl (C=O) groups is 1. The second kappa shape index (κ2) is 9.22. The third-order valence-electron chi connectivity index (χ3n) is 4.14. The third-order valence-corrected chi connectivity index (χ3v) is 4.81. The normalized spacial score (nSPS) is 10.8. The maximum absolute atomic E-state index is 12.1. The number of hydrogen-bond donors (Lipinski definition) is 1. The lowest BCUT2D eigenvalue weighted by atomic mass is 9.98. The van der Waals surface area contributed by atoms with Crippen molar-refractivity contribution in [2.75, 3.05) is 11.9 Å². The second-order valence-corrected chi connectivity index (χ2v) is 7.88. The Kier molecular flexibility index (Phi) is 7.29. The third kappa shape index (κ3) is 6.03. The highest BCUT2D eigenvalue weighted by molar-refractivity contribution is 14.1. The first-order chi connectivity index (χ1) is 11.9. The first kappa shape index (κ1) is 19.8. The molecule has 0 heterocycles. The molecule has 0 bridgehead atoms. The van der Waals surface area contributed by atoms with Crippen molar-refractivity contribution in [2.45, 2.75) is 46.5 Å². The van der Waals surface area contributed by atoms with Gasteiger partial charge in [0.1, 0.15) is 5.75 Å². The van der Waals surface area contributed by atoms with E-state index in [9.17, 15) is 4.79 Å². The number of halogens is 1. The van der Waals surface area contributed by atoms with Crippen molar-refractivity contribution >= 4 is 34.2 Å². The van der Waals surface area contributed by atoms with Gasteiger partial charge in [0.2, 0.25) is 5.91 Å². The zero-order chi connectivity index (χ0) is 18.4. The SMILES string of the molecule is Cc1cc(I)ccc1NC(=O)CCCOc1ccc(C(C)C)c(C)c1. The van der Waals surface area contributed by atoms with Gasteiger partial charge in [-0.1, -0.05) is 19.9 Å². The summed E-state index contributed by atoms with van der Waals surface area (Å²) < 4.78 is 6.95. The number of rotatable bonds is 7. The van der Waals surface area contributed by atoms with Crippen molar-refractivity contribution in [3.8, 4) is 5.75 Å². The van der Waals surface area contributed by atoms with Crippen LogP contribution in [0.4, 0.5) is 5.69 Å². The van der Waals surface area contributed by atoms with Crippen LogP contribution in [-0.4, -0.2) is 12.5 Å². The molecule has 0 atom stereocenters. The molecular formula is C21H26INO2. The lowest BCUT2D eigenvalue weighted by molar-refractivity contribution is -0.116. The van der Waals surface area contributed by atoms with Crippen molar-refractivity contribution in [3.63, 3.8) is 0 Å². The Hall–Kier alpha value is -1.56. The first-order valence-corrected chi connectivity index (χ1v) is 9.74. The largest absolute Gasteiger partial charge is 0.494 e. The van der Waals surface area contributed by atoms with Gasteiger partial charge < -0.3 is 10.1 Å². The molecule has 0 aliphatic rings. The van der Waals surface area contributed by atoms with E-state index in [0.29, 0.717) is 25.4 Å². The van der Waals surface area contributed by atoms with Crippen molar-refractivity contribution in [1.29, 1.82) is 0 Å². The second-order valence-electron chi connectivity index (χ2n) is 6.63. The maximum Gasteiger partial charge on any atom is 0.224 e. The van der Waals surface area contributed by atoms with Crippen molar-refractivity contribution in [1.82, 2.24) is 0 Å². The summed E-state index contributed by atoms with van der Waals surface area (Å²) in [6.07, 6.45) is 1.15. The predicted octanol–water partition coefficient (Wildman–Crippen LogP) is 5.83. The minimum absolute atomic E-state index is 0.0271. The van der Waals surface area contributed by atoms with Gasteiger partial charge in [-0.25, -0.2) is 0 Å². The maximum atomic E-state index is 12.1. The molecular weight excluding hydrogens is 425 g/mol. The van der Waals surface area contributed by atoms with Gasteiger partial charge in [-0.05, 0) is 95.8 Å². The van der Waals surface area contributed by atoms with E-state index in [1.54, 1.807) is 0 Å². The number of ether oxygens (including phenoxy) is 1.